The van der Waals surface area contributed by atoms with Gasteiger partial charge in [0.25, 0.3) is 5.91 Å². The number of hydrogen-bond acceptors (Lipinski definition) is 8. The second kappa shape index (κ2) is 17.2. The van der Waals surface area contributed by atoms with Crippen molar-refractivity contribution in [1.82, 2.24) is 26.2 Å². The van der Waals surface area contributed by atoms with Gasteiger partial charge in [-0.05, 0) is 75.5 Å². The van der Waals surface area contributed by atoms with Gasteiger partial charge in [-0.15, -0.1) is 0 Å². The van der Waals surface area contributed by atoms with Crippen molar-refractivity contribution in [3.63, 3.8) is 0 Å². The van der Waals surface area contributed by atoms with Crippen LogP contribution in [0.25, 0.3) is 0 Å². The minimum atomic E-state index is -3.63. The first-order valence-electron chi connectivity index (χ1n) is 19.7. The number of sulfone groups is 1. The number of carbonyl (C=O) groups excluding carboxylic acids is 5. The first kappa shape index (κ1) is 42.0. The van der Waals surface area contributed by atoms with Crippen molar-refractivity contribution in [2.75, 3.05) is 25.5 Å². The lowest BCUT2D eigenvalue weighted by Gasteiger charge is -2.42. The average molecular weight is 752 g/mol. The fourth-order valence-corrected chi connectivity index (χ4v) is 10.1. The zero-order valence-electron chi connectivity index (χ0n) is 32.6. The fourth-order valence-electron chi connectivity index (χ4n) is 7.84. The Hall–Kier alpha value is -2.74. The highest BCUT2D eigenvalue weighted by molar-refractivity contribution is 7.92. The molecule has 1 unspecified atom stereocenters. The van der Waals surface area contributed by atoms with Crippen LogP contribution in [0, 0.1) is 17.3 Å². The van der Waals surface area contributed by atoms with Crippen LogP contribution in [0.15, 0.2) is 0 Å². The Balaban J connectivity index is 1.53. The highest BCUT2D eigenvalue weighted by atomic mass is 32.2. The molecule has 4 atom stereocenters. The van der Waals surface area contributed by atoms with Gasteiger partial charge in [0, 0.05) is 25.8 Å². The van der Waals surface area contributed by atoms with Gasteiger partial charge >= 0.3 is 6.03 Å². The Labute approximate surface area is 311 Å². The van der Waals surface area contributed by atoms with Crippen molar-refractivity contribution < 1.29 is 37.1 Å². The maximum Gasteiger partial charge on any atom is 0.315 e. The molecule has 296 valence electrons. The summed E-state index contributed by atoms with van der Waals surface area (Å²) in [6.07, 6.45) is 8.11. The van der Waals surface area contributed by atoms with E-state index in [1.807, 2.05) is 41.5 Å². The van der Waals surface area contributed by atoms with E-state index in [2.05, 4.69) is 21.3 Å². The van der Waals surface area contributed by atoms with Gasteiger partial charge < -0.3 is 30.9 Å². The number of nitrogens with one attached hydrogen (secondary N) is 4. The van der Waals surface area contributed by atoms with Gasteiger partial charge in [0.1, 0.15) is 12.1 Å². The van der Waals surface area contributed by atoms with Crippen LogP contribution >= 0.6 is 0 Å². The van der Waals surface area contributed by atoms with Gasteiger partial charge in [-0.1, -0.05) is 73.6 Å². The lowest BCUT2D eigenvalue weighted by Crippen LogP contribution is -2.64. The molecule has 4 rings (SSSR count). The van der Waals surface area contributed by atoms with E-state index in [1.165, 1.54) is 4.90 Å². The molecule has 0 radical (unpaired) electrons. The van der Waals surface area contributed by atoms with Gasteiger partial charge in [-0.3, -0.25) is 19.2 Å². The van der Waals surface area contributed by atoms with E-state index in [-0.39, 0.29) is 23.6 Å². The molecule has 2 saturated carbocycles. The third-order valence-corrected chi connectivity index (χ3v) is 14.7. The number of urea groups is 1. The lowest BCUT2D eigenvalue weighted by molar-refractivity contribution is -0.144. The molecule has 5 amide bonds. The Bertz CT molecular complexity index is 1410. The van der Waals surface area contributed by atoms with Crippen LogP contribution in [0.5, 0.6) is 0 Å². The second-order valence-corrected chi connectivity index (χ2v) is 20.1. The van der Waals surface area contributed by atoms with Gasteiger partial charge in [0.2, 0.25) is 17.6 Å². The summed E-state index contributed by atoms with van der Waals surface area (Å²) in [5.74, 6) is -2.32. The zero-order valence-corrected chi connectivity index (χ0v) is 33.4. The van der Waals surface area contributed by atoms with Crippen molar-refractivity contribution >= 4 is 39.4 Å². The van der Waals surface area contributed by atoms with Crippen LogP contribution < -0.4 is 21.3 Å². The molecule has 0 aromatic heterocycles. The van der Waals surface area contributed by atoms with E-state index >= 15 is 0 Å². The second-order valence-electron chi connectivity index (χ2n) is 17.6. The number of unbranched alkanes of at least 4 members (excludes halogenated alkanes) is 1. The van der Waals surface area contributed by atoms with Crippen LogP contribution in [0.1, 0.15) is 132 Å². The number of ether oxygens (including phenoxy) is 1. The monoisotopic (exact) mass is 751 g/mol. The van der Waals surface area contributed by atoms with E-state index < -0.39 is 73.2 Å². The molecule has 13 nitrogen and oxygen atoms in total. The first-order chi connectivity index (χ1) is 24.3. The minimum absolute atomic E-state index is 0.000392. The minimum Gasteiger partial charge on any atom is -0.381 e. The van der Waals surface area contributed by atoms with Gasteiger partial charge in [0.05, 0.1) is 22.1 Å². The molecule has 0 aromatic carbocycles. The van der Waals surface area contributed by atoms with E-state index in [0.717, 1.165) is 38.5 Å². The molecule has 2 aliphatic heterocycles. The predicted octanol–water partition coefficient (Wildman–Crippen LogP) is 3.78. The zero-order chi connectivity index (χ0) is 38.5. The molecule has 14 heteroatoms. The summed E-state index contributed by atoms with van der Waals surface area (Å²) in [7, 11) is -3.63. The Morgan fingerprint density at radius 2 is 1.58 bits per heavy atom. The number of likely N-dealkylation sites (tertiary alicyclic amines) is 1. The summed E-state index contributed by atoms with van der Waals surface area (Å²) in [5.41, 5.74) is -1.74. The van der Waals surface area contributed by atoms with E-state index in [9.17, 15) is 32.4 Å². The molecular weight excluding hydrogens is 687 g/mol. The fraction of sp³-hybridized carbons (Fsp3) is 0.868. The third kappa shape index (κ3) is 10.5. The maximum absolute atomic E-state index is 14.6. The van der Waals surface area contributed by atoms with Crippen LogP contribution in [-0.2, 0) is 33.8 Å². The molecule has 2 heterocycles. The molecule has 0 spiro atoms. The largest absolute Gasteiger partial charge is 0.381 e. The quantitative estimate of drug-likeness (QED) is 0.183. The van der Waals surface area contributed by atoms with Crippen molar-refractivity contribution in [2.24, 2.45) is 17.3 Å². The highest BCUT2D eigenvalue weighted by Gasteiger charge is 2.49. The van der Waals surface area contributed by atoms with Crippen LogP contribution in [-0.4, -0.2) is 103 Å². The number of Topliss-reactive ketones (excluding diaryl/α,β-unsaturated/α-hetero) is 1. The molecule has 4 aliphatic rings. The van der Waals surface area contributed by atoms with Crippen LogP contribution in [0.3, 0.4) is 0 Å². The number of ketones is 1. The SMILES string of the molecule is CCCC[C@H](NC(=O)[C@@H]1CC(C(C)C)CN1C(=O)[C@@H](NC(=O)NC1(CS(=O)(=O)C2(C)CCOCC2)CCCCC1)C(C)(C)C)C(=O)C(=O)NC1CC1. The smallest absolute Gasteiger partial charge is 0.315 e. The summed E-state index contributed by atoms with van der Waals surface area (Å²) < 4.78 is 32.3. The van der Waals surface area contributed by atoms with E-state index in [4.69, 9.17) is 4.74 Å². The van der Waals surface area contributed by atoms with E-state index in [0.29, 0.717) is 64.7 Å². The number of hydrogen-bond donors (Lipinski definition) is 4. The number of rotatable bonds is 15. The lowest BCUT2D eigenvalue weighted by atomic mass is 9.83. The van der Waals surface area contributed by atoms with Crippen LogP contribution in [0.2, 0.25) is 0 Å². The third-order valence-electron chi connectivity index (χ3n) is 11.8. The van der Waals surface area contributed by atoms with Crippen LogP contribution in [0.4, 0.5) is 4.79 Å². The van der Waals surface area contributed by atoms with Crippen molar-refractivity contribution in [3.8, 4) is 0 Å². The molecule has 52 heavy (non-hydrogen) atoms. The van der Waals surface area contributed by atoms with Crippen molar-refractivity contribution in [1.29, 1.82) is 0 Å². The standard InChI is InChI=1S/C38H65N5O8S/c1-8-9-13-28(30(44)33(46)39-27-14-15-27)40-32(45)29-22-26(25(2)3)23-43(29)34(47)31(36(4,5)6)41-35(48)42-38(16-11-10-12-17-38)24-52(49,50)37(7)18-20-51-21-19-37/h25-29,31H,8-24H2,1-7H3,(H,39,46)(H,40,45)(H2,41,42,48)/t26?,28-,29-,31+/m0/s1. The maximum atomic E-state index is 14.6. The summed E-state index contributed by atoms with van der Waals surface area (Å²) in [6, 6.07) is -3.56. The first-order valence-corrected chi connectivity index (χ1v) is 21.3. The number of amides is 5. The van der Waals surface area contributed by atoms with Gasteiger partial charge in [0.15, 0.2) is 9.84 Å². The molecule has 0 aromatic rings. The van der Waals surface area contributed by atoms with Crippen molar-refractivity contribution in [3.05, 3.63) is 0 Å². The van der Waals surface area contributed by atoms with Gasteiger partial charge in [-0.2, -0.15) is 0 Å². The van der Waals surface area contributed by atoms with E-state index in [1.54, 1.807) is 6.92 Å². The topological polar surface area (TPSA) is 180 Å². The molecule has 4 fully saturated rings. The summed E-state index contributed by atoms with van der Waals surface area (Å²) in [6.45, 7) is 14.4. The number of carbonyl (C=O) groups is 5. The summed E-state index contributed by atoms with van der Waals surface area (Å²) in [5, 5.41) is 11.5. The van der Waals surface area contributed by atoms with Crippen molar-refractivity contribution in [2.45, 2.75) is 166 Å². The summed E-state index contributed by atoms with van der Waals surface area (Å²) in [4.78, 5) is 69.9. The molecule has 2 saturated heterocycles. The molecule has 2 aliphatic carbocycles. The predicted molar refractivity (Wildman–Crippen MR) is 199 cm³/mol. The van der Waals surface area contributed by atoms with Gasteiger partial charge in [-0.25, -0.2) is 13.2 Å². The molecule has 0 bridgehead atoms. The summed E-state index contributed by atoms with van der Waals surface area (Å²) >= 11 is 0. The molecule has 4 N–H and O–H groups in total. The number of nitrogens with zero attached hydrogens (tertiary/aromatic N) is 1. The average Bonchev–Trinajstić information content (AvgIpc) is 3.77. The Kier molecular flexibility index (Phi) is 13.9. The highest BCUT2D eigenvalue weighted by Crippen LogP contribution is 2.37. The normalized spacial score (nSPS) is 24.4. The Morgan fingerprint density at radius 1 is 0.942 bits per heavy atom. The Morgan fingerprint density at radius 3 is 2.13 bits per heavy atom. The molecular formula is C38H65N5O8S.